The molecule has 110 valence electrons. The number of fused-ring (bicyclic) bond motifs is 1. The highest BCUT2D eigenvalue weighted by Crippen LogP contribution is 2.27. The van der Waals surface area contributed by atoms with Gasteiger partial charge in [0, 0.05) is 24.8 Å². The van der Waals surface area contributed by atoms with E-state index in [9.17, 15) is 0 Å². The van der Waals surface area contributed by atoms with Gasteiger partial charge in [-0.05, 0) is 42.2 Å². The molecule has 21 heavy (non-hydrogen) atoms. The molecule has 0 aromatic heterocycles. The third kappa shape index (κ3) is 3.03. The van der Waals surface area contributed by atoms with Crippen LogP contribution in [0, 0.1) is 0 Å². The van der Waals surface area contributed by atoms with Gasteiger partial charge in [-0.25, -0.2) is 0 Å². The number of para-hydroxylation sites is 1. The Morgan fingerprint density at radius 1 is 1.24 bits per heavy atom. The van der Waals surface area contributed by atoms with E-state index in [-0.39, 0.29) is 6.04 Å². The molecule has 1 atom stereocenters. The van der Waals surface area contributed by atoms with E-state index in [1.54, 1.807) is 7.11 Å². The van der Waals surface area contributed by atoms with E-state index in [4.69, 9.17) is 4.74 Å². The molecule has 0 spiro atoms. The molecule has 0 radical (unpaired) electrons. The monoisotopic (exact) mass is 282 g/mol. The van der Waals surface area contributed by atoms with Crippen LogP contribution >= 0.6 is 0 Å². The lowest BCUT2D eigenvalue weighted by Gasteiger charge is -2.17. The summed E-state index contributed by atoms with van der Waals surface area (Å²) in [5.41, 5.74) is 5.35. The minimum atomic E-state index is 0.289. The first kappa shape index (κ1) is 14.0. The molecule has 2 aromatic carbocycles. The minimum absolute atomic E-state index is 0.289. The molecule has 1 unspecified atom stereocenters. The van der Waals surface area contributed by atoms with Crippen molar-refractivity contribution in [3.63, 3.8) is 0 Å². The molecule has 0 bridgehead atoms. The van der Waals surface area contributed by atoms with Gasteiger partial charge in [0.25, 0.3) is 0 Å². The van der Waals surface area contributed by atoms with E-state index in [1.165, 1.54) is 22.4 Å². The van der Waals surface area contributed by atoms with Crippen LogP contribution in [0.5, 0.6) is 5.75 Å². The van der Waals surface area contributed by atoms with Crippen molar-refractivity contribution in [2.45, 2.75) is 25.9 Å². The van der Waals surface area contributed by atoms with E-state index >= 15 is 0 Å². The Hall–Kier alpha value is -2.00. The van der Waals surface area contributed by atoms with Crippen LogP contribution in [0.2, 0.25) is 0 Å². The van der Waals surface area contributed by atoms with Crippen molar-refractivity contribution in [2.24, 2.45) is 0 Å². The Kier molecular flexibility index (Phi) is 4.11. The lowest BCUT2D eigenvalue weighted by molar-refractivity contribution is 0.413. The SMILES string of the molecule is COc1cccc(C(C)NCc2cccc3c2NCC3)c1. The third-order valence-corrected chi connectivity index (χ3v) is 4.13. The molecule has 3 heteroatoms. The van der Waals surface area contributed by atoms with Crippen LogP contribution in [-0.4, -0.2) is 13.7 Å². The van der Waals surface area contributed by atoms with Gasteiger partial charge in [-0.1, -0.05) is 30.3 Å². The van der Waals surface area contributed by atoms with Gasteiger partial charge in [-0.15, -0.1) is 0 Å². The molecule has 0 fully saturated rings. The number of anilines is 1. The highest BCUT2D eigenvalue weighted by atomic mass is 16.5. The van der Waals surface area contributed by atoms with Crippen LogP contribution < -0.4 is 15.4 Å². The smallest absolute Gasteiger partial charge is 0.119 e. The predicted octanol–water partition coefficient (Wildman–Crippen LogP) is 3.51. The van der Waals surface area contributed by atoms with Crippen LogP contribution in [-0.2, 0) is 13.0 Å². The van der Waals surface area contributed by atoms with Crippen LogP contribution in [0.4, 0.5) is 5.69 Å². The van der Waals surface area contributed by atoms with Crippen molar-refractivity contribution in [3.8, 4) is 5.75 Å². The number of nitrogens with one attached hydrogen (secondary N) is 2. The Morgan fingerprint density at radius 2 is 2.10 bits per heavy atom. The van der Waals surface area contributed by atoms with Gasteiger partial charge in [-0.2, -0.15) is 0 Å². The maximum absolute atomic E-state index is 5.29. The molecule has 2 aromatic rings. The highest BCUT2D eigenvalue weighted by molar-refractivity contribution is 5.61. The Balaban J connectivity index is 1.68. The Bertz CT molecular complexity index is 624. The highest BCUT2D eigenvalue weighted by Gasteiger charge is 2.14. The fourth-order valence-corrected chi connectivity index (χ4v) is 2.85. The molecular weight excluding hydrogens is 260 g/mol. The quantitative estimate of drug-likeness (QED) is 0.880. The molecular formula is C18H22N2O. The number of benzene rings is 2. The summed E-state index contributed by atoms with van der Waals surface area (Å²) in [6.45, 7) is 4.11. The van der Waals surface area contributed by atoms with Crippen molar-refractivity contribution < 1.29 is 4.74 Å². The zero-order valence-corrected chi connectivity index (χ0v) is 12.6. The molecule has 1 heterocycles. The topological polar surface area (TPSA) is 33.3 Å². The van der Waals surface area contributed by atoms with Crippen molar-refractivity contribution >= 4 is 5.69 Å². The summed E-state index contributed by atoms with van der Waals surface area (Å²) >= 11 is 0. The van der Waals surface area contributed by atoms with Crippen LogP contribution in [0.1, 0.15) is 29.7 Å². The summed E-state index contributed by atoms with van der Waals surface area (Å²) in [6, 6.07) is 15.1. The van der Waals surface area contributed by atoms with Gasteiger partial charge in [0.05, 0.1) is 7.11 Å². The lowest BCUT2D eigenvalue weighted by atomic mass is 10.1. The molecule has 0 saturated carbocycles. The number of rotatable bonds is 5. The summed E-state index contributed by atoms with van der Waals surface area (Å²) in [5, 5.41) is 7.09. The van der Waals surface area contributed by atoms with E-state index in [1.807, 2.05) is 12.1 Å². The maximum atomic E-state index is 5.29. The average molecular weight is 282 g/mol. The maximum Gasteiger partial charge on any atom is 0.119 e. The van der Waals surface area contributed by atoms with Gasteiger partial charge in [0.2, 0.25) is 0 Å². The zero-order chi connectivity index (χ0) is 14.7. The molecule has 0 amide bonds. The normalized spacial score (nSPS) is 14.4. The Morgan fingerprint density at radius 3 is 2.95 bits per heavy atom. The summed E-state index contributed by atoms with van der Waals surface area (Å²) in [5.74, 6) is 0.906. The fourth-order valence-electron chi connectivity index (χ4n) is 2.85. The molecule has 0 saturated heterocycles. The number of ether oxygens (including phenoxy) is 1. The van der Waals surface area contributed by atoms with Crippen molar-refractivity contribution in [1.82, 2.24) is 5.32 Å². The molecule has 3 rings (SSSR count). The summed E-state index contributed by atoms with van der Waals surface area (Å²) in [4.78, 5) is 0. The van der Waals surface area contributed by atoms with E-state index in [0.29, 0.717) is 0 Å². The van der Waals surface area contributed by atoms with Gasteiger partial charge in [0.1, 0.15) is 5.75 Å². The van der Waals surface area contributed by atoms with Crippen LogP contribution in [0.15, 0.2) is 42.5 Å². The summed E-state index contributed by atoms with van der Waals surface area (Å²) in [7, 11) is 1.70. The molecule has 0 aliphatic carbocycles. The minimum Gasteiger partial charge on any atom is -0.497 e. The number of hydrogen-bond donors (Lipinski definition) is 2. The van der Waals surface area contributed by atoms with Crippen LogP contribution in [0.3, 0.4) is 0 Å². The standard InChI is InChI=1S/C18H22N2O/c1-13(15-6-4-8-17(11-15)21-2)20-12-16-7-3-5-14-9-10-19-18(14)16/h3-8,11,13,19-20H,9-10,12H2,1-2H3. The van der Waals surface area contributed by atoms with Crippen molar-refractivity contribution in [1.29, 1.82) is 0 Å². The van der Waals surface area contributed by atoms with Crippen molar-refractivity contribution in [2.75, 3.05) is 19.0 Å². The lowest BCUT2D eigenvalue weighted by Crippen LogP contribution is -2.18. The Labute approximate surface area is 126 Å². The first-order chi connectivity index (χ1) is 10.3. The molecule has 1 aliphatic heterocycles. The van der Waals surface area contributed by atoms with Gasteiger partial charge < -0.3 is 15.4 Å². The first-order valence-corrected chi connectivity index (χ1v) is 7.50. The average Bonchev–Trinajstić information content (AvgIpc) is 3.01. The van der Waals surface area contributed by atoms with E-state index in [0.717, 1.165) is 25.3 Å². The van der Waals surface area contributed by atoms with Gasteiger partial charge in [0.15, 0.2) is 0 Å². The second kappa shape index (κ2) is 6.19. The molecule has 3 nitrogen and oxygen atoms in total. The number of methoxy groups -OCH3 is 1. The largest absolute Gasteiger partial charge is 0.497 e. The second-order valence-corrected chi connectivity index (χ2v) is 5.51. The van der Waals surface area contributed by atoms with E-state index < -0.39 is 0 Å². The van der Waals surface area contributed by atoms with E-state index in [2.05, 4.69) is 47.9 Å². The first-order valence-electron chi connectivity index (χ1n) is 7.50. The summed E-state index contributed by atoms with van der Waals surface area (Å²) in [6.07, 6.45) is 1.13. The number of hydrogen-bond acceptors (Lipinski definition) is 3. The predicted molar refractivity (Wildman–Crippen MR) is 86.9 cm³/mol. The zero-order valence-electron chi connectivity index (χ0n) is 12.6. The fraction of sp³-hybridized carbons (Fsp3) is 0.333. The second-order valence-electron chi connectivity index (χ2n) is 5.51. The van der Waals surface area contributed by atoms with Gasteiger partial charge >= 0.3 is 0 Å². The summed E-state index contributed by atoms with van der Waals surface area (Å²) < 4.78 is 5.29. The third-order valence-electron chi connectivity index (χ3n) is 4.13. The van der Waals surface area contributed by atoms with Crippen molar-refractivity contribution in [3.05, 3.63) is 59.2 Å². The molecule has 2 N–H and O–H groups in total. The van der Waals surface area contributed by atoms with Crippen LogP contribution in [0.25, 0.3) is 0 Å². The van der Waals surface area contributed by atoms with Gasteiger partial charge in [-0.3, -0.25) is 0 Å². The molecule has 1 aliphatic rings.